The Morgan fingerprint density at radius 2 is 2.00 bits per heavy atom. The number of ether oxygens (including phenoxy) is 1. The van der Waals surface area contributed by atoms with E-state index in [1.807, 2.05) is 20.8 Å². The van der Waals surface area contributed by atoms with Gasteiger partial charge in [0.1, 0.15) is 18.7 Å². The molecule has 1 aliphatic heterocycles. The minimum Gasteiger partial charge on any atom is -0.459 e. The first-order chi connectivity index (χ1) is 13.0. The molecule has 0 radical (unpaired) electrons. The number of imide groups is 1. The second-order valence-corrected chi connectivity index (χ2v) is 8.63. The van der Waals surface area contributed by atoms with Crippen molar-refractivity contribution in [3.8, 4) is 0 Å². The molecule has 2 aliphatic rings. The summed E-state index contributed by atoms with van der Waals surface area (Å²) in [6, 6.07) is 2.91. The smallest absolute Gasteiger partial charge is 0.326 e. The van der Waals surface area contributed by atoms with E-state index in [0.717, 1.165) is 17.4 Å². The Bertz CT molecular complexity index is 826. The van der Waals surface area contributed by atoms with E-state index in [2.05, 4.69) is 5.32 Å². The van der Waals surface area contributed by atoms with Gasteiger partial charge >= 0.3 is 12.0 Å². The molecule has 3 amide bonds. The molecule has 152 valence electrons. The van der Waals surface area contributed by atoms with Crippen LogP contribution in [0.25, 0.3) is 0 Å². The summed E-state index contributed by atoms with van der Waals surface area (Å²) in [6.07, 6.45) is 1.95. The fourth-order valence-electron chi connectivity index (χ4n) is 4.64. The third kappa shape index (κ3) is 3.86. The Kier molecular flexibility index (Phi) is 5.16. The molecule has 1 saturated carbocycles. The molecular formula is C20H24F2N2O4. The number of hydrogen-bond donors (Lipinski definition) is 1. The highest BCUT2D eigenvalue weighted by atomic mass is 19.2. The largest absolute Gasteiger partial charge is 0.459 e. The number of benzene rings is 1. The van der Waals surface area contributed by atoms with Gasteiger partial charge in [-0.15, -0.1) is 0 Å². The van der Waals surface area contributed by atoms with Gasteiger partial charge in [0.15, 0.2) is 11.6 Å². The van der Waals surface area contributed by atoms with Gasteiger partial charge in [0.05, 0.1) is 0 Å². The Morgan fingerprint density at radius 1 is 1.29 bits per heavy atom. The highest BCUT2D eigenvalue weighted by molar-refractivity contribution is 6.08. The molecule has 3 rings (SSSR count). The Labute approximate surface area is 162 Å². The SMILES string of the molecule is CC1CC(C)(C)CC2(C1)NC(=O)N(CC(=O)OCc1cccc(F)c1F)C2=O. The van der Waals surface area contributed by atoms with Crippen molar-refractivity contribution in [2.24, 2.45) is 11.3 Å². The maximum atomic E-state index is 13.6. The molecule has 1 N–H and O–H groups in total. The molecular weight excluding hydrogens is 370 g/mol. The van der Waals surface area contributed by atoms with Crippen molar-refractivity contribution < 1.29 is 27.9 Å². The van der Waals surface area contributed by atoms with E-state index in [9.17, 15) is 23.2 Å². The lowest BCUT2D eigenvalue weighted by molar-refractivity contribution is -0.149. The lowest BCUT2D eigenvalue weighted by Gasteiger charge is -2.43. The maximum Gasteiger partial charge on any atom is 0.326 e. The quantitative estimate of drug-likeness (QED) is 0.629. The maximum absolute atomic E-state index is 13.6. The first kappa shape index (κ1) is 20.2. The summed E-state index contributed by atoms with van der Waals surface area (Å²) >= 11 is 0. The van der Waals surface area contributed by atoms with Crippen molar-refractivity contribution in [3.05, 3.63) is 35.4 Å². The average molecular weight is 394 g/mol. The number of rotatable bonds is 4. The van der Waals surface area contributed by atoms with E-state index in [-0.39, 0.29) is 16.9 Å². The second-order valence-electron chi connectivity index (χ2n) is 8.63. The molecule has 0 bridgehead atoms. The zero-order valence-electron chi connectivity index (χ0n) is 16.2. The minimum atomic E-state index is -1.09. The van der Waals surface area contributed by atoms with E-state index in [4.69, 9.17) is 4.74 Å². The summed E-state index contributed by atoms with van der Waals surface area (Å²) in [7, 11) is 0. The van der Waals surface area contributed by atoms with Crippen molar-refractivity contribution in [1.82, 2.24) is 10.2 Å². The van der Waals surface area contributed by atoms with E-state index in [0.29, 0.717) is 12.8 Å². The third-order valence-corrected chi connectivity index (χ3v) is 5.33. The lowest BCUT2D eigenvalue weighted by Crippen LogP contribution is -2.54. The van der Waals surface area contributed by atoms with Crippen LogP contribution >= 0.6 is 0 Å². The van der Waals surface area contributed by atoms with Gasteiger partial charge in [0.25, 0.3) is 5.91 Å². The topological polar surface area (TPSA) is 75.7 Å². The number of esters is 1. The molecule has 28 heavy (non-hydrogen) atoms. The van der Waals surface area contributed by atoms with Crippen LogP contribution in [0.1, 0.15) is 45.6 Å². The van der Waals surface area contributed by atoms with E-state index in [1.54, 1.807) is 0 Å². The summed E-state index contributed by atoms with van der Waals surface area (Å²) in [5.41, 5.74) is -1.25. The first-order valence-electron chi connectivity index (χ1n) is 9.26. The van der Waals surface area contributed by atoms with Crippen molar-refractivity contribution in [3.63, 3.8) is 0 Å². The lowest BCUT2D eigenvalue weighted by atomic mass is 9.64. The average Bonchev–Trinajstić information content (AvgIpc) is 2.78. The van der Waals surface area contributed by atoms with Crippen LogP contribution in [0.5, 0.6) is 0 Å². The van der Waals surface area contributed by atoms with Gasteiger partial charge in [0.2, 0.25) is 0 Å². The van der Waals surface area contributed by atoms with Crippen molar-refractivity contribution >= 4 is 17.9 Å². The van der Waals surface area contributed by atoms with E-state index < -0.39 is 48.2 Å². The van der Waals surface area contributed by atoms with Crippen molar-refractivity contribution in [1.29, 1.82) is 0 Å². The molecule has 1 aromatic rings. The van der Waals surface area contributed by atoms with E-state index in [1.165, 1.54) is 12.1 Å². The molecule has 2 atom stereocenters. The van der Waals surface area contributed by atoms with Gasteiger partial charge in [-0.2, -0.15) is 0 Å². The summed E-state index contributed by atoms with van der Waals surface area (Å²) in [4.78, 5) is 38.3. The summed E-state index contributed by atoms with van der Waals surface area (Å²) in [5, 5.41) is 2.77. The van der Waals surface area contributed by atoms with Gasteiger partial charge in [-0.3, -0.25) is 14.5 Å². The van der Waals surface area contributed by atoms with Crippen LogP contribution in [0.15, 0.2) is 18.2 Å². The van der Waals surface area contributed by atoms with E-state index >= 15 is 0 Å². The normalized spacial score (nSPS) is 26.5. The molecule has 1 aromatic carbocycles. The van der Waals surface area contributed by atoms with Crippen LogP contribution in [0, 0.1) is 23.0 Å². The fourth-order valence-corrected chi connectivity index (χ4v) is 4.64. The predicted molar refractivity (Wildman–Crippen MR) is 95.9 cm³/mol. The van der Waals surface area contributed by atoms with Crippen LogP contribution in [0.2, 0.25) is 0 Å². The van der Waals surface area contributed by atoms with Crippen LogP contribution in [0.4, 0.5) is 13.6 Å². The van der Waals surface area contributed by atoms with Gasteiger partial charge in [-0.1, -0.05) is 32.9 Å². The molecule has 6 nitrogen and oxygen atoms in total. The fraction of sp³-hybridized carbons (Fsp3) is 0.550. The monoisotopic (exact) mass is 394 g/mol. The third-order valence-electron chi connectivity index (χ3n) is 5.33. The number of urea groups is 1. The Balaban J connectivity index is 1.66. The van der Waals surface area contributed by atoms with Crippen LogP contribution in [0.3, 0.4) is 0 Å². The minimum absolute atomic E-state index is 0.119. The Hall–Kier alpha value is -2.51. The molecule has 1 saturated heterocycles. The van der Waals surface area contributed by atoms with Crippen LogP contribution in [-0.2, 0) is 20.9 Å². The number of carbonyl (C=O) groups is 3. The van der Waals surface area contributed by atoms with Gasteiger partial charge < -0.3 is 10.1 Å². The molecule has 2 unspecified atom stereocenters. The van der Waals surface area contributed by atoms with Gasteiger partial charge in [-0.05, 0) is 36.7 Å². The number of nitrogens with zero attached hydrogens (tertiary/aromatic N) is 1. The highest BCUT2D eigenvalue weighted by Crippen LogP contribution is 2.46. The summed E-state index contributed by atoms with van der Waals surface area (Å²) in [5.74, 6) is -3.20. The molecule has 1 aliphatic carbocycles. The predicted octanol–water partition coefficient (Wildman–Crippen LogP) is 3.14. The standard InChI is InChI=1S/C20H24F2N2O4/c1-12-7-19(2,3)11-20(8-12)17(26)24(18(27)23-20)9-15(25)28-10-13-5-4-6-14(21)16(13)22/h4-6,12H,7-11H2,1-3H3,(H,23,27). The van der Waals surface area contributed by atoms with Crippen molar-refractivity contribution in [2.75, 3.05) is 6.54 Å². The van der Waals surface area contributed by atoms with Crippen LogP contribution < -0.4 is 5.32 Å². The zero-order valence-corrected chi connectivity index (χ0v) is 16.2. The van der Waals surface area contributed by atoms with Gasteiger partial charge in [-0.25, -0.2) is 13.6 Å². The number of amides is 3. The molecule has 8 heteroatoms. The molecule has 1 heterocycles. The Morgan fingerprint density at radius 3 is 2.68 bits per heavy atom. The first-order valence-corrected chi connectivity index (χ1v) is 9.26. The van der Waals surface area contributed by atoms with Gasteiger partial charge in [0, 0.05) is 5.56 Å². The summed E-state index contributed by atoms with van der Waals surface area (Å²) < 4.78 is 31.8. The van der Waals surface area contributed by atoms with Crippen LogP contribution in [-0.4, -0.2) is 34.9 Å². The molecule has 1 spiro atoms. The number of halogens is 2. The second kappa shape index (κ2) is 7.14. The molecule has 0 aromatic heterocycles. The highest BCUT2D eigenvalue weighted by Gasteiger charge is 2.56. The number of carbonyl (C=O) groups excluding carboxylic acids is 3. The number of nitrogens with one attached hydrogen (secondary N) is 1. The zero-order chi connectivity index (χ0) is 20.7. The number of hydrogen-bond acceptors (Lipinski definition) is 4. The summed E-state index contributed by atoms with van der Waals surface area (Å²) in [6.45, 7) is 5.08. The van der Waals surface area contributed by atoms with Crippen molar-refractivity contribution in [2.45, 2.75) is 52.2 Å². The molecule has 2 fully saturated rings.